The molecule has 0 atom stereocenters. The van der Waals surface area contributed by atoms with Crippen molar-refractivity contribution in [1.82, 2.24) is 0 Å². The van der Waals surface area contributed by atoms with Crippen LogP contribution in [0.3, 0.4) is 0 Å². The predicted octanol–water partition coefficient (Wildman–Crippen LogP) is 2.82. The van der Waals surface area contributed by atoms with E-state index < -0.39 is 5.82 Å². The van der Waals surface area contributed by atoms with Gasteiger partial charge in [0.05, 0.1) is 18.4 Å². The van der Waals surface area contributed by atoms with Crippen LogP contribution >= 0.6 is 0 Å². The van der Waals surface area contributed by atoms with Gasteiger partial charge in [-0.1, -0.05) is 6.07 Å². The number of hydrogen-bond donors (Lipinski definition) is 1. The van der Waals surface area contributed by atoms with Crippen LogP contribution in [0.2, 0.25) is 0 Å². The molecule has 0 spiro atoms. The maximum absolute atomic E-state index is 13.1. The summed E-state index contributed by atoms with van der Waals surface area (Å²) in [5, 5.41) is 2.67. The number of benzene rings is 2. The number of carbonyl (C=O) groups is 1. The van der Waals surface area contributed by atoms with Gasteiger partial charge in [0.1, 0.15) is 11.6 Å². The van der Waals surface area contributed by atoms with E-state index in [1.807, 2.05) is 0 Å². The zero-order chi connectivity index (χ0) is 14.8. The Balaban J connectivity index is 1.89. The van der Waals surface area contributed by atoms with E-state index in [2.05, 4.69) is 5.32 Å². The molecule has 0 fully saturated rings. The van der Waals surface area contributed by atoms with Crippen molar-refractivity contribution in [2.75, 3.05) is 19.2 Å². The molecule has 1 aliphatic heterocycles. The Morgan fingerprint density at radius 1 is 1.29 bits per heavy atom. The van der Waals surface area contributed by atoms with Gasteiger partial charge in [-0.2, -0.15) is 0 Å². The van der Waals surface area contributed by atoms with Crippen LogP contribution in [0.25, 0.3) is 0 Å². The van der Waals surface area contributed by atoms with Crippen molar-refractivity contribution in [3.05, 3.63) is 47.8 Å². The van der Waals surface area contributed by atoms with Crippen LogP contribution in [0.15, 0.2) is 36.4 Å². The SMILES string of the molecule is COc1cc(F)ccc1NC(=O)c1cccc2c1OCO2. The van der Waals surface area contributed by atoms with Gasteiger partial charge in [-0.3, -0.25) is 4.79 Å². The molecule has 3 rings (SSSR count). The van der Waals surface area contributed by atoms with Crippen LogP contribution < -0.4 is 19.5 Å². The molecule has 1 N–H and O–H groups in total. The highest BCUT2D eigenvalue weighted by atomic mass is 19.1. The van der Waals surface area contributed by atoms with Gasteiger partial charge < -0.3 is 19.5 Å². The summed E-state index contributed by atoms with van der Waals surface area (Å²) in [7, 11) is 1.40. The highest BCUT2D eigenvalue weighted by molar-refractivity contribution is 6.07. The fourth-order valence-electron chi connectivity index (χ4n) is 2.07. The minimum absolute atomic E-state index is 0.0828. The zero-order valence-corrected chi connectivity index (χ0v) is 11.2. The molecule has 5 nitrogen and oxygen atoms in total. The summed E-state index contributed by atoms with van der Waals surface area (Å²) in [6.45, 7) is 0.0828. The molecule has 0 unspecified atom stereocenters. The highest BCUT2D eigenvalue weighted by Gasteiger charge is 2.22. The molecular formula is C15H12FNO4. The third-order valence-electron chi connectivity index (χ3n) is 3.05. The van der Waals surface area contributed by atoms with Crippen molar-refractivity contribution in [3.63, 3.8) is 0 Å². The molecule has 2 aromatic rings. The van der Waals surface area contributed by atoms with Crippen molar-refractivity contribution >= 4 is 11.6 Å². The second-order valence-electron chi connectivity index (χ2n) is 4.34. The topological polar surface area (TPSA) is 56.8 Å². The Morgan fingerprint density at radius 3 is 2.95 bits per heavy atom. The van der Waals surface area contributed by atoms with Crippen LogP contribution in [0, 0.1) is 5.82 Å². The third kappa shape index (κ3) is 2.47. The molecule has 0 saturated heterocycles. The van der Waals surface area contributed by atoms with Gasteiger partial charge in [0.15, 0.2) is 11.5 Å². The summed E-state index contributed by atoms with van der Waals surface area (Å²) >= 11 is 0. The summed E-state index contributed by atoms with van der Waals surface area (Å²) in [4.78, 5) is 12.3. The number of hydrogen-bond acceptors (Lipinski definition) is 4. The van der Waals surface area contributed by atoms with Crippen molar-refractivity contribution in [2.45, 2.75) is 0 Å². The van der Waals surface area contributed by atoms with E-state index in [1.165, 1.54) is 25.3 Å². The molecular weight excluding hydrogens is 277 g/mol. The number of halogens is 1. The van der Waals surface area contributed by atoms with Crippen LogP contribution in [-0.2, 0) is 0 Å². The number of methoxy groups -OCH3 is 1. The Bertz CT molecular complexity index is 702. The van der Waals surface area contributed by atoms with Gasteiger partial charge in [0, 0.05) is 6.07 Å². The molecule has 6 heteroatoms. The lowest BCUT2D eigenvalue weighted by molar-refractivity contribution is 0.102. The van der Waals surface area contributed by atoms with Crippen LogP contribution in [0.1, 0.15) is 10.4 Å². The van der Waals surface area contributed by atoms with Crippen molar-refractivity contribution in [1.29, 1.82) is 0 Å². The molecule has 2 aromatic carbocycles. The molecule has 0 saturated carbocycles. The lowest BCUT2D eigenvalue weighted by atomic mass is 10.1. The monoisotopic (exact) mass is 289 g/mol. The summed E-state index contributed by atoms with van der Waals surface area (Å²) in [5.74, 6) is 0.335. The molecule has 0 radical (unpaired) electrons. The van der Waals surface area contributed by atoms with E-state index in [9.17, 15) is 9.18 Å². The lowest BCUT2D eigenvalue weighted by Crippen LogP contribution is -2.13. The fraction of sp³-hybridized carbons (Fsp3) is 0.133. The summed E-state index contributed by atoms with van der Waals surface area (Å²) in [6.07, 6.45) is 0. The number of amides is 1. The average Bonchev–Trinajstić information content (AvgIpc) is 2.97. The first kappa shape index (κ1) is 13.2. The Kier molecular flexibility index (Phi) is 3.35. The van der Waals surface area contributed by atoms with E-state index in [-0.39, 0.29) is 18.4 Å². The number of rotatable bonds is 3. The van der Waals surface area contributed by atoms with Gasteiger partial charge in [0.25, 0.3) is 5.91 Å². The predicted molar refractivity (Wildman–Crippen MR) is 73.5 cm³/mol. The summed E-state index contributed by atoms with van der Waals surface area (Å²) < 4.78 is 28.7. The molecule has 21 heavy (non-hydrogen) atoms. The Labute approximate surface area is 120 Å². The van der Waals surface area contributed by atoms with E-state index >= 15 is 0 Å². The smallest absolute Gasteiger partial charge is 0.259 e. The molecule has 108 valence electrons. The normalized spacial score (nSPS) is 12.1. The molecule has 1 amide bonds. The molecule has 0 bridgehead atoms. The number of para-hydroxylation sites is 1. The molecule has 0 aliphatic carbocycles. The van der Waals surface area contributed by atoms with Gasteiger partial charge in [-0.25, -0.2) is 4.39 Å². The second kappa shape index (κ2) is 5.32. The highest BCUT2D eigenvalue weighted by Crippen LogP contribution is 2.36. The Morgan fingerprint density at radius 2 is 2.14 bits per heavy atom. The maximum atomic E-state index is 13.1. The van der Waals surface area contributed by atoms with Crippen molar-refractivity contribution in [3.8, 4) is 17.2 Å². The number of anilines is 1. The molecule has 1 heterocycles. The first-order valence-corrected chi connectivity index (χ1v) is 6.22. The minimum atomic E-state index is -0.442. The zero-order valence-electron chi connectivity index (χ0n) is 11.2. The third-order valence-corrected chi connectivity index (χ3v) is 3.05. The van der Waals surface area contributed by atoms with E-state index in [0.29, 0.717) is 22.7 Å². The van der Waals surface area contributed by atoms with Crippen LogP contribution in [0.4, 0.5) is 10.1 Å². The fourth-order valence-corrected chi connectivity index (χ4v) is 2.07. The van der Waals surface area contributed by atoms with Gasteiger partial charge in [-0.05, 0) is 24.3 Å². The largest absolute Gasteiger partial charge is 0.494 e. The standard InChI is InChI=1S/C15H12FNO4/c1-19-13-7-9(16)5-6-11(13)17-15(18)10-3-2-4-12-14(10)21-8-20-12/h2-7H,8H2,1H3,(H,17,18). The lowest BCUT2D eigenvalue weighted by Gasteiger charge is -2.11. The summed E-state index contributed by atoms with van der Waals surface area (Å²) in [5.41, 5.74) is 0.719. The number of ether oxygens (including phenoxy) is 3. The van der Waals surface area contributed by atoms with E-state index in [0.717, 1.165) is 0 Å². The molecule has 1 aliphatic rings. The average molecular weight is 289 g/mol. The van der Waals surface area contributed by atoms with Crippen molar-refractivity contribution in [2.24, 2.45) is 0 Å². The van der Waals surface area contributed by atoms with E-state index in [1.54, 1.807) is 18.2 Å². The van der Waals surface area contributed by atoms with Gasteiger partial charge in [-0.15, -0.1) is 0 Å². The van der Waals surface area contributed by atoms with Crippen LogP contribution in [-0.4, -0.2) is 19.8 Å². The first-order valence-electron chi connectivity index (χ1n) is 6.22. The van der Waals surface area contributed by atoms with Crippen LogP contribution in [0.5, 0.6) is 17.2 Å². The first-order chi connectivity index (χ1) is 10.2. The van der Waals surface area contributed by atoms with E-state index in [4.69, 9.17) is 14.2 Å². The minimum Gasteiger partial charge on any atom is -0.494 e. The number of carbonyl (C=O) groups excluding carboxylic acids is 1. The Hall–Kier alpha value is -2.76. The summed E-state index contributed by atoms with van der Waals surface area (Å²) in [6, 6.07) is 8.92. The van der Waals surface area contributed by atoms with Crippen molar-refractivity contribution < 1.29 is 23.4 Å². The molecule has 0 aromatic heterocycles. The van der Waals surface area contributed by atoms with Gasteiger partial charge in [0.2, 0.25) is 6.79 Å². The quantitative estimate of drug-likeness (QED) is 0.944. The van der Waals surface area contributed by atoms with Gasteiger partial charge >= 0.3 is 0 Å². The number of nitrogens with one attached hydrogen (secondary N) is 1. The maximum Gasteiger partial charge on any atom is 0.259 e. The number of fused-ring (bicyclic) bond motifs is 1. The second-order valence-corrected chi connectivity index (χ2v) is 4.34.